The number of methoxy groups -OCH3 is 3. The van der Waals surface area contributed by atoms with Crippen molar-refractivity contribution in [3.63, 3.8) is 0 Å². The number of nitrogen functional groups attached to an aromatic ring is 1. The summed E-state index contributed by atoms with van der Waals surface area (Å²) in [5.41, 5.74) is 9.16. The van der Waals surface area contributed by atoms with Crippen LogP contribution in [0.2, 0.25) is 0 Å². The van der Waals surface area contributed by atoms with E-state index in [-0.39, 0.29) is 17.3 Å². The molecule has 4 rings (SSSR count). The standard InChI is InChI=1S/C19H18N8O5S/c1-29-11-7-6-10(15(30-2)16(11)31-3)9-21-23-19(28)13-14(12-5-4-8-33-12)27(26-22-13)18-17(20)24-32-25-18/h4-9H,1-3H3,(H2,20,24)(H,23,28)/b21-9-. The van der Waals surface area contributed by atoms with Crippen LogP contribution in [0.5, 0.6) is 17.2 Å². The Morgan fingerprint density at radius 2 is 2.00 bits per heavy atom. The number of hydrogen-bond donors (Lipinski definition) is 2. The van der Waals surface area contributed by atoms with E-state index in [1.165, 1.54) is 43.6 Å². The molecule has 170 valence electrons. The lowest BCUT2D eigenvalue weighted by Crippen LogP contribution is -2.19. The highest BCUT2D eigenvalue weighted by molar-refractivity contribution is 7.13. The number of thiophene rings is 1. The van der Waals surface area contributed by atoms with Gasteiger partial charge < -0.3 is 19.9 Å². The minimum atomic E-state index is -0.602. The highest BCUT2D eigenvalue weighted by atomic mass is 32.1. The van der Waals surface area contributed by atoms with Gasteiger partial charge in [-0.1, -0.05) is 11.3 Å². The number of ether oxygens (including phenoxy) is 3. The van der Waals surface area contributed by atoms with Crippen molar-refractivity contribution >= 4 is 29.3 Å². The number of amides is 1. The summed E-state index contributed by atoms with van der Waals surface area (Å²) >= 11 is 1.38. The van der Waals surface area contributed by atoms with Crippen LogP contribution in [0.15, 0.2) is 39.4 Å². The summed E-state index contributed by atoms with van der Waals surface area (Å²) < 4.78 is 22.0. The van der Waals surface area contributed by atoms with Crippen molar-refractivity contribution in [1.29, 1.82) is 0 Å². The number of anilines is 1. The maximum atomic E-state index is 12.9. The van der Waals surface area contributed by atoms with Crippen LogP contribution in [0, 0.1) is 0 Å². The predicted octanol–water partition coefficient (Wildman–Crippen LogP) is 1.75. The van der Waals surface area contributed by atoms with E-state index in [2.05, 4.69) is 35.8 Å². The van der Waals surface area contributed by atoms with Crippen LogP contribution in [0.3, 0.4) is 0 Å². The van der Waals surface area contributed by atoms with Crippen molar-refractivity contribution < 1.29 is 23.6 Å². The topological polar surface area (TPSA) is 165 Å². The Hall–Kier alpha value is -4.46. The highest BCUT2D eigenvalue weighted by Gasteiger charge is 2.25. The first-order valence-corrected chi connectivity index (χ1v) is 10.2. The third-order valence-corrected chi connectivity index (χ3v) is 5.32. The van der Waals surface area contributed by atoms with Gasteiger partial charge in [0.15, 0.2) is 17.2 Å². The molecule has 1 amide bonds. The molecule has 3 N–H and O–H groups in total. The van der Waals surface area contributed by atoms with Gasteiger partial charge in [-0.3, -0.25) is 4.79 Å². The number of nitrogens with zero attached hydrogens (tertiary/aromatic N) is 6. The third-order valence-electron chi connectivity index (χ3n) is 4.44. The first-order valence-electron chi connectivity index (χ1n) is 9.29. The summed E-state index contributed by atoms with van der Waals surface area (Å²) in [5.74, 6) is 0.808. The minimum Gasteiger partial charge on any atom is -0.493 e. The Morgan fingerprint density at radius 3 is 2.64 bits per heavy atom. The van der Waals surface area contributed by atoms with Crippen molar-refractivity contribution in [3.05, 3.63) is 40.9 Å². The normalized spacial score (nSPS) is 11.0. The molecule has 13 nitrogen and oxygen atoms in total. The van der Waals surface area contributed by atoms with Crippen LogP contribution in [0.25, 0.3) is 16.4 Å². The van der Waals surface area contributed by atoms with Crippen molar-refractivity contribution in [1.82, 2.24) is 30.7 Å². The van der Waals surface area contributed by atoms with Gasteiger partial charge in [0.1, 0.15) is 5.69 Å². The largest absolute Gasteiger partial charge is 0.493 e. The lowest BCUT2D eigenvalue weighted by Gasteiger charge is -2.13. The smallest absolute Gasteiger partial charge is 0.294 e. The zero-order valence-corrected chi connectivity index (χ0v) is 18.5. The van der Waals surface area contributed by atoms with Gasteiger partial charge in [-0.25, -0.2) is 10.1 Å². The number of hydrogen-bond acceptors (Lipinski definition) is 12. The van der Waals surface area contributed by atoms with Crippen molar-refractivity contribution in [2.24, 2.45) is 5.10 Å². The average Bonchev–Trinajstić information content (AvgIpc) is 3.58. The predicted molar refractivity (Wildman–Crippen MR) is 118 cm³/mol. The Bertz CT molecular complexity index is 1300. The van der Waals surface area contributed by atoms with Gasteiger partial charge in [-0.15, -0.1) is 16.4 Å². The number of rotatable bonds is 8. The summed E-state index contributed by atoms with van der Waals surface area (Å²) in [6.07, 6.45) is 1.41. The van der Waals surface area contributed by atoms with Gasteiger partial charge in [0.25, 0.3) is 5.91 Å². The zero-order chi connectivity index (χ0) is 23.4. The molecular weight excluding hydrogens is 452 g/mol. The fourth-order valence-corrected chi connectivity index (χ4v) is 3.75. The number of hydrazone groups is 1. The van der Waals surface area contributed by atoms with Gasteiger partial charge in [-0.2, -0.15) is 9.78 Å². The van der Waals surface area contributed by atoms with Gasteiger partial charge in [0, 0.05) is 5.56 Å². The molecule has 0 saturated carbocycles. The molecule has 0 aliphatic heterocycles. The van der Waals surface area contributed by atoms with E-state index in [9.17, 15) is 4.79 Å². The van der Waals surface area contributed by atoms with E-state index in [4.69, 9.17) is 19.9 Å². The first-order chi connectivity index (χ1) is 16.1. The molecule has 0 aliphatic carbocycles. The first kappa shape index (κ1) is 21.8. The van der Waals surface area contributed by atoms with Crippen molar-refractivity contribution in [2.75, 3.05) is 27.1 Å². The van der Waals surface area contributed by atoms with Crippen LogP contribution in [-0.4, -0.2) is 58.8 Å². The second kappa shape index (κ2) is 9.35. The number of aromatic nitrogens is 5. The SMILES string of the molecule is COc1ccc(/C=N\NC(=O)c2nnn(-c3nonc3N)c2-c2cccs2)c(OC)c1OC. The number of carbonyl (C=O) groups is 1. The van der Waals surface area contributed by atoms with Gasteiger partial charge in [0.2, 0.25) is 17.4 Å². The molecule has 0 aliphatic rings. The molecule has 3 heterocycles. The lowest BCUT2D eigenvalue weighted by atomic mass is 10.2. The van der Waals surface area contributed by atoms with E-state index in [0.717, 1.165) is 0 Å². The van der Waals surface area contributed by atoms with Crippen molar-refractivity contribution in [2.45, 2.75) is 0 Å². The van der Waals surface area contributed by atoms with Crippen LogP contribution in [0.4, 0.5) is 5.82 Å². The monoisotopic (exact) mass is 470 g/mol. The van der Waals surface area contributed by atoms with Gasteiger partial charge >= 0.3 is 0 Å². The van der Waals surface area contributed by atoms with Gasteiger partial charge in [-0.05, 0) is 33.9 Å². The van der Waals surface area contributed by atoms with E-state index in [1.54, 1.807) is 18.2 Å². The van der Waals surface area contributed by atoms with Crippen LogP contribution >= 0.6 is 11.3 Å². The maximum absolute atomic E-state index is 12.9. The van der Waals surface area contributed by atoms with Crippen LogP contribution in [0.1, 0.15) is 16.1 Å². The Labute approximate surface area is 190 Å². The molecule has 0 unspecified atom stereocenters. The quantitative estimate of drug-likeness (QED) is 0.286. The lowest BCUT2D eigenvalue weighted by molar-refractivity contribution is 0.0950. The number of nitrogens with one attached hydrogen (secondary N) is 1. The van der Waals surface area contributed by atoms with Gasteiger partial charge in [0.05, 0.1) is 32.4 Å². The van der Waals surface area contributed by atoms with E-state index in [0.29, 0.717) is 33.4 Å². The molecule has 1 aromatic carbocycles. The molecule has 0 spiro atoms. The fourth-order valence-electron chi connectivity index (χ4n) is 2.99. The minimum absolute atomic E-state index is 0.00299. The fraction of sp³-hybridized carbons (Fsp3) is 0.158. The summed E-state index contributed by atoms with van der Waals surface area (Å²) in [7, 11) is 4.51. The second-order valence-electron chi connectivity index (χ2n) is 6.27. The zero-order valence-electron chi connectivity index (χ0n) is 17.7. The van der Waals surface area contributed by atoms with Crippen LogP contribution < -0.4 is 25.4 Å². The molecule has 14 heteroatoms. The summed E-state index contributed by atoms with van der Waals surface area (Å²) in [6, 6.07) is 7.04. The highest BCUT2D eigenvalue weighted by Crippen LogP contribution is 2.39. The molecule has 0 radical (unpaired) electrons. The van der Waals surface area contributed by atoms with E-state index in [1.807, 2.05) is 11.4 Å². The average molecular weight is 470 g/mol. The molecule has 4 aromatic rings. The molecular formula is C19H18N8O5S. The molecule has 0 fully saturated rings. The second-order valence-corrected chi connectivity index (χ2v) is 7.22. The summed E-state index contributed by atoms with van der Waals surface area (Å²) in [4.78, 5) is 13.6. The third kappa shape index (κ3) is 4.06. The Kier molecular flexibility index (Phi) is 6.17. The van der Waals surface area contributed by atoms with E-state index >= 15 is 0 Å². The summed E-state index contributed by atoms with van der Waals surface area (Å²) in [5, 5.41) is 21.1. The molecule has 33 heavy (non-hydrogen) atoms. The Balaban J connectivity index is 1.64. The van der Waals surface area contributed by atoms with Crippen molar-refractivity contribution in [3.8, 4) is 33.6 Å². The summed E-state index contributed by atoms with van der Waals surface area (Å²) in [6.45, 7) is 0. The molecule has 0 saturated heterocycles. The Morgan fingerprint density at radius 1 is 1.18 bits per heavy atom. The number of carbonyl (C=O) groups excluding carboxylic acids is 1. The number of nitrogens with two attached hydrogens (primary N) is 1. The molecule has 0 atom stereocenters. The number of benzene rings is 1. The molecule has 3 aromatic heterocycles. The van der Waals surface area contributed by atoms with Crippen LogP contribution in [-0.2, 0) is 0 Å². The van der Waals surface area contributed by atoms with E-state index < -0.39 is 5.91 Å². The molecule has 0 bridgehead atoms. The maximum Gasteiger partial charge on any atom is 0.294 e.